The van der Waals surface area contributed by atoms with Gasteiger partial charge in [-0.3, -0.25) is 4.99 Å². The van der Waals surface area contributed by atoms with Crippen LogP contribution in [0.3, 0.4) is 0 Å². The molecule has 0 aromatic heterocycles. The Morgan fingerprint density at radius 3 is 2.82 bits per heavy atom. The molecule has 0 saturated carbocycles. The van der Waals surface area contributed by atoms with Crippen LogP contribution in [0.2, 0.25) is 0 Å². The van der Waals surface area contributed by atoms with Crippen molar-refractivity contribution in [3.05, 3.63) is 29.8 Å². The van der Waals surface area contributed by atoms with Gasteiger partial charge in [-0.05, 0) is 25.0 Å². The molecule has 2 fully saturated rings. The lowest BCUT2D eigenvalue weighted by Gasteiger charge is -2.37. The van der Waals surface area contributed by atoms with E-state index in [1.165, 1.54) is 12.1 Å². The van der Waals surface area contributed by atoms with Crippen LogP contribution in [-0.2, 0) is 9.47 Å². The van der Waals surface area contributed by atoms with Gasteiger partial charge in [-0.25, -0.2) is 8.78 Å². The highest BCUT2D eigenvalue weighted by Crippen LogP contribution is 2.22. The Kier molecular flexibility index (Phi) is 7.85. The lowest BCUT2D eigenvalue weighted by Crippen LogP contribution is -2.52. The zero-order valence-corrected chi connectivity index (χ0v) is 16.5. The van der Waals surface area contributed by atoms with Crippen molar-refractivity contribution >= 4 is 11.6 Å². The Morgan fingerprint density at radius 1 is 1.29 bits per heavy atom. The van der Waals surface area contributed by atoms with Gasteiger partial charge in [-0.2, -0.15) is 0 Å². The average Bonchev–Trinajstić information content (AvgIpc) is 3.23. The van der Waals surface area contributed by atoms with E-state index >= 15 is 0 Å². The molecule has 2 heterocycles. The van der Waals surface area contributed by atoms with Crippen molar-refractivity contribution in [2.75, 3.05) is 71.1 Å². The number of piperazine rings is 1. The molecule has 1 unspecified atom stereocenters. The molecule has 0 bridgehead atoms. The van der Waals surface area contributed by atoms with Crippen LogP contribution in [0.4, 0.5) is 14.5 Å². The van der Waals surface area contributed by atoms with Gasteiger partial charge in [0.15, 0.2) is 5.96 Å². The first-order valence-corrected chi connectivity index (χ1v) is 9.98. The van der Waals surface area contributed by atoms with E-state index in [-0.39, 0.29) is 5.82 Å². The highest BCUT2D eigenvalue weighted by molar-refractivity contribution is 5.80. The second kappa shape index (κ2) is 10.6. The Morgan fingerprint density at radius 2 is 2.11 bits per heavy atom. The van der Waals surface area contributed by atoms with Crippen molar-refractivity contribution in [3.63, 3.8) is 0 Å². The molecule has 1 N–H and O–H groups in total. The van der Waals surface area contributed by atoms with Gasteiger partial charge in [0, 0.05) is 65.0 Å². The summed E-state index contributed by atoms with van der Waals surface area (Å²) in [5.74, 6) is 0.573. The van der Waals surface area contributed by atoms with Crippen LogP contribution in [0, 0.1) is 17.6 Å². The van der Waals surface area contributed by atoms with Crippen molar-refractivity contribution in [3.8, 4) is 0 Å². The van der Waals surface area contributed by atoms with E-state index in [0.717, 1.165) is 51.2 Å². The largest absolute Gasteiger partial charge is 0.381 e. The number of nitrogens with zero attached hydrogens (tertiary/aromatic N) is 3. The second-order valence-corrected chi connectivity index (χ2v) is 7.20. The Bertz CT molecular complexity index is 645. The highest BCUT2D eigenvalue weighted by atomic mass is 19.1. The molecule has 3 rings (SSSR count). The first-order chi connectivity index (χ1) is 13.7. The summed E-state index contributed by atoms with van der Waals surface area (Å²) in [7, 11) is 1.76. The van der Waals surface area contributed by atoms with Gasteiger partial charge in [-0.15, -0.1) is 0 Å². The molecule has 2 saturated heterocycles. The zero-order chi connectivity index (χ0) is 19.8. The van der Waals surface area contributed by atoms with E-state index in [4.69, 9.17) is 9.47 Å². The number of hydrogen-bond acceptors (Lipinski definition) is 4. The third-order valence-electron chi connectivity index (χ3n) is 5.17. The van der Waals surface area contributed by atoms with Crippen LogP contribution < -0.4 is 10.2 Å². The Hall–Kier alpha value is -1.93. The number of hydrogen-bond donors (Lipinski definition) is 1. The van der Waals surface area contributed by atoms with Gasteiger partial charge in [0.1, 0.15) is 11.6 Å². The van der Waals surface area contributed by atoms with E-state index < -0.39 is 5.82 Å². The lowest BCUT2D eigenvalue weighted by molar-refractivity contribution is 0.0887. The molecule has 0 amide bonds. The van der Waals surface area contributed by atoms with Crippen LogP contribution in [0.15, 0.2) is 23.2 Å². The van der Waals surface area contributed by atoms with Crippen LogP contribution in [0.1, 0.15) is 12.8 Å². The number of nitrogens with one attached hydrogen (secondary N) is 1. The molecule has 0 aliphatic carbocycles. The van der Waals surface area contributed by atoms with E-state index in [2.05, 4.69) is 15.2 Å². The quantitative estimate of drug-likeness (QED) is 0.435. The number of ether oxygens (including phenoxy) is 2. The number of guanidine groups is 1. The second-order valence-electron chi connectivity index (χ2n) is 7.20. The van der Waals surface area contributed by atoms with E-state index in [1.54, 1.807) is 7.05 Å². The molecular formula is C20H30F2N4O2. The monoisotopic (exact) mass is 396 g/mol. The standard InChI is InChI=1S/C20H30F2N4O2/c1-23-20(24-6-2-11-27-14-16-5-12-28-15-16)26-9-7-25(8-10-26)19-13-17(21)3-4-18(19)22/h3-4,13,16H,2,5-12,14-15H2,1H3,(H,23,24). The first-order valence-electron chi connectivity index (χ1n) is 9.98. The minimum Gasteiger partial charge on any atom is -0.381 e. The van der Waals surface area contributed by atoms with Crippen molar-refractivity contribution in [1.82, 2.24) is 10.2 Å². The van der Waals surface area contributed by atoms with Crippen LogP contribution in [0.25, 0.3) is 0 Å². The summed E-state index contributed by atoms with van der Waals surface area (Å²) >= 11 is 0. The summed E-state index contributed by atoms with van der Waals surface area (Å²) in [6.07, 6.45) is 2.00. The van der Waals surface area contributed by atoms with Crippen LogP contribution in [-0.4, -0.2) is 77.1 Å². The summed E-state index contributed by atoms with van der Waals surface area (Å²) in [5.41, 5.74) is 0.326. The molecule has 1 aromatic carbocycles. The fourth-order valence-electron chi connectivity index (χ4n) is 3.56. The first kappa shape index (κ1) is 20.8. The van der Waals surface area contributed by atoms with E-state index in [0.29, 0.717) is 44.4 Å². The maximum atomic E-state index is 14.0. The predicted octanol–water partition coefficient (Wildman–Crippen LogP) is 2.11. The molecule has 1 aromatic rings. The van der Waals surface area contributed by atoms with Gasteiger partial charge in [0.05, 0.1) is 18.9 Å². The summed E-state index contributed by atoms with van der Waals surface area (Å²) in [6, 6.07) is 3.58. The highest BCUT2D eigenvalue weighted by Gasteiger charge is 2.22. The molecular weight excluding hydrogens is 366 g/mol. The molecule has 1 atom stereocenters. The van der Waals surface area contributed by atoms with Gasteiger partial charge < -0.3 is 24.6 Å². The third-order valence-corrected chi connectivity index (χ3v) is 5.17. The Balaban J connectivity index is 1.36. The molecule has 0 spiro atoms. The molecule has 156 valence electrons. The summed E-state index contributed by atoms with van der Waals surface area (Å²) in [5, 5.41) is 3.36. The lowest BCUT2D eigenvalue weighted by atomic mass is 10.1. The molecule has 2 aliphatic heterocycles. The average molecular weight is 396 g/mol. The SMILES string of the molecule is CN=C(NCCCOCC1CCOC1)N1CCN(c2cc(F)ccc2F)CC1. The predicted molar refractivity (Wildman–Crippen MR) is 106 cm³/mol. The minimum absolute atomic E-state index is 0.326. The van der Waals surface area contributed by atoms with Crippen LogP contribution in [0.5, 0.6) is 0 Å². The number of benzene rings is 1. The van der Waals surface area contributed by atoms with Gasteiger partial charge in [0.25, 0.3) is 0 Å². The maximum absolute atomic E-state index is 14.0. The summed E-state index contributed by atoms with van der Waals surface area (Å²) in [6.45, 7) is 6.58. The van der Waals surface area contributed by atoms with Crippen molar-refractivity contribution < 1.29 is 18.3 Å². The normalized spacial score (nSPS) is 20.7. The number of rotatable bonds is 7. The number of anilines is 1. The molecule has 0 radical (unpaired) electrons. The van der Waals surface area contributed by atoms with Gasteiger partial charge in [-0.1, -0.05) is 0 Å². The zero-order valence-electron chi connectivity index (χ0n) is 16.5. The number of halogens is 2. The molecule has 6 nitrogen and oxygen atoms in total. The molecule has 2 aliphatic rings. The summed E-state index contributed by atoms with van der Waals surface area (Å²) in [4.78, 5) is 8.36. The van der Waals surface area contributed by atoms with Gasteiger partial charge in [0.2, 0.25) is 0 Å². The third kappa shape index (κ3) is 5.78. The summed E-state index contributed by atoms with van der Waals surface area (Å²) < 4.78 is 38.5. The van der Waals surface area contributed by atoms with Crippen LogP contribution >= 0.6 is 0 Å². The number of aliphatic imine (C=N–C) groups is 1. The minimum atomic E-state index is -0.418. The van der Waals surface area contributed by atoms with E-state index in [1.807, 2.05) is 4.90 Å². The van der Waals surface area contributed by atoms with E-state index in [9.17, 15) is 8.78 Å². The topological polar surface area (TPSA) is 49.3 Å². The fraction of sp³-hybridized carbons (Fsp3) is 0.650. The van der Waals surface area contributed by atoms with Crippen molar-refractivity contribution in [1.29, 1.82) is 0 Å². The maximum Gasteiger partial charge on any atom is 0.193 e. The molecule has 8 heteroatoms. The Labute approximate surface area is 165 Å². The smallest absolute Gasteiger partial charge is 0.193 e. The van der Waals surface area contributed by atoms with Crippen molar-refractivity contribution in [2.24, 2.45) is 10.9 Å². The van der Waals surface area contributed by atoms with Crippen molar-refractivity contribution in [2.45, 2.75) is 12.8 Å². The molecule has 28 heavy (non-hydrogen) atoms. The fourth-order valence-corrected chi connectivity index (χ4v) is 3.56. The van der Waals surface area contributed by atoms with Gasteiger partial charge >= 0.3 is 0 Å².